The van der Waals surface area contributed by atoms with Crippen LogP contribution in [0.15, 0.2) is 18.3 Å². The lowest BCUT2D eigenvalue weighted by Crippen LogP contribution is -2.58. The van der Waals surface area contributed by atoms with Gasteiger partial charge in [-0.2, -0.15) is 0 Å². The molecule has 1 aliphatic rings. The van der Waals surface area contributed by atoms with Crippen LogP contribution >= 0.6 is 0 Å². The van der Waals surface area contributed by atoms with Crippen LogP contribution in [-0.4, -0.2) is 47.1 Å². The summed E-state index contributed by atoms with van der Waals surface area (Å²) in [4.78, 5) is 29.7. The summed E-state index contributed by atoms with van der Waals surface area (Å²) < 4.78 is 5.83. The van der Waals surface area contributed by atoms with Crippen molar-refractivity contribution < 1.29 is 14.3 Å². The number of amides is 3. The topological polar surface area (TPSA) is 83.6 Å². The molecule has 1 aliphatic heterocycles. The molecule has 0 spiro atoms. The second kappa shape index (κ2) is 8.69. The summed E-state index contributed by atoms with van der Waals surface area (Å²) >= 11 is 0. The van der Waals surface area contributed by atoms with E-state index in [9.17, 15) is 9.59 Å². The fourth-order valence-electron chi connectivity index (χ4n) is 2.88. The van der Waals surface area contributed by atoms with E-state index in [2.05, 4.69) is 29.5 Å². The van der Waals surface area contributed by atoms with Crippen LogP contribution in [0.1, 0.15) is 39.7 Å². The van der Waals surface area contributed by atoms with Gasteiger partial charge in [0.25, 0.3) is 0 Å². The highest BCUT2D eigenvalue weighted by Crippen LogP contribution is 2.15. The molecule has 0 radical (unpaired) electrons. The zero-order valence-electron chi connectivity index (χ0n) is 15.4. The first-order valence-corrected chi connectivity index (χ1v) is 8.80. The minimum atomic E-state index is -0.457. The van der Waals surface area contributed by atoms with Gasteiger partial charge in [-0.3, -0.25) is 4.79 Å². The monoisotopic (exact) mass is 348 g/mol. The van der Waals surface area contributed by atoms with E-state index in [0.717, 1.165) is 12.0 Å². The first-order valence-electron chi connectivity index (χ1n) is 8.80. The number of rotatable bonds is 6. The van der Waals surface area contributed by atoms with Gasteiger partial charge in [-0.15, -0.1) is 0 Å². The van der Waals surface area contributed by atoms with Gasteiger partial charge in [0, 0.05) is 31.9 Å². The lowest BCUT2D eigenvalue weighted by atomic mass is 10.1. The maximum Gasteiger partial charge on any atom is 0.318 e. The predicted molar refractivity (Wildman–Crippen MR) is 95.2 cm³/mol. The fourth-order valence-corrected chi connectivity index (χ4v) is 2.88. The van der Waals surface area contributed by atoms with Gasteiger partial charge in [-0.25, -0.2) is 9.78 Å². The van der Waals surface area contributed by atoms with Crippen LogP contribution in [0, 0.1) is 5.92 Å². The highest BCUT2D eigenvalue weighted by atomic mass is 16.5. The third-order valence-electron chi connectivity index (χ3n) is 4.13. The number of pyridine rings is 1. The van der Waals surface area contributed by atoms with E-state index in [-0.39, 0.29) is 18.0 Å². The van der Waals surface area contributed by atoms with Gasteiger partial charge >= 0.3 is 6.03 Å². The largest absolute Gasteiger partial charge is 0.475 e. The lowest BCUT2D eigenvalue weighted by molar-refractivity contribution is -0.126. The molecule has 0 aliphatic carbocycles. The van der Waals surface area contributed by atoms with E-state index in [1.165, 1.54) is 0 Å². The van der Waals surface area contributed by atoms with Crippen LogP contribution in [0.4, 0.5) is 4.79 Å². The lowest BCUT2D eigenvalue weighted by Gasteiger charge is -2.32. The number of hydrogen-bond donors (Lipinski definition) is 2. The van der Waals surface area contributed by atoms with Crippen LogP contribution in [0.3, 0.4) is 0 Å². The van der Waals surface area contributed by atoms with Crippen LogP contribution < -0.4 is 15.4 Å². The molecule has 0 bridgehead atoms. The van der Waals surface area contributed by atoms with Gasteiger partial charge in [0.15, 0.2) is 0 Å². The van der Waals surface area contributed by atoms with Crippen LogP contribution in [0.5, 0.6) is 5.88 Å². The number of hydrogen-bond acceptors (Lipinski definition) is 4. The Balaban J connectivity index is 1.89. The molecule has 1 saturated heterocycles. The molecule has 1 aromatic rings. The normalized spacial score (nSPS) is 18.7. The minimum Gasteiger partial charge on any atom is -0.475 e. The highest BCUT2D eigenvalue weighted by Gasteiger charge is 2.28. The van der Waals surface area contributed by atoms with Crippen molar-refractivity contribution >= 4 is 11.9 Å². The first kappa shape index (κ1) is 19.0. The molecule has 3 amide bonds. The average Bonchev–Trinajstić information content (AvgIpc) is 2.54. The summed E-state index contributed by atoms with van der Waals surface area (Å²) in [6.45, 7) is 9.42. The zero-order chi connectivity index (χ0) is 18.4. The summed E-state index contributed by atoms with van der Waals surface area (Å²) in [5, 5.41) is 5.60. The summed E-state index contributed by atoms with van der Waals surface area (Å²) in [6, 6.07) is 2.98. The summed E-state index contributed by atoms with van der Waals surface area (Å²) in [5.41, 5.74) is 0.907. The third-order valence-corrected chi connectivity index (χ3v) is 4.13. The number of urea groups is 1. The van der Waals surface area contributed by atoms with Gasteiger partial charge in [0.1, 0.15) is 6.04 Å². The van der Waals surface area contributed by atoms with Crippen molar-refractivity contribution in [3.63, 3.8) is 0 Å². The smallest absolute Gasteiger partial charge is 0.318 e. The number of carbonyl (C=O) groups is 2. The van der Waals surface area contributed by atoms with E-state index in [0.29, 0.717) is 31.4 Å². The molecule has 2 atom stereocenters. The second-order valence-corrected chi connectivity index (χ2v) is 6.88. The number of nitrogens with one attached hydrogen (secondary N) is 2. The molecule has 2 N–H and O–H groups in total. The highest BCUT2D eigenvalue weighted by molar-refractivity contribution is 5.87. The van der Waals surface area contributed by atoms with Crippen molar-refractivity contribution in [3.8, 4) is 5.88 Å². The number of piperazine rings is 1. The van der Waals surface area contributed by atoms with Crippen molar-refractivity contribution in [1.82, 2.24) is 20.5 Å². The first-order chi connectivity index (χ1) is 11.9. The van der Waals surface area contributed by atoms with Gasteiger partial charge < -0.3 is 20.3 Å². The van der Waals surface area contributed by atoms with Crippen LogP contribution in [0.25, 0.3) is 0 Å². The van der Waals surface area contributed by atoms with Crippen molar-refractivity contribution in [3.05, 3.63) is 23.9 Å². The Hall–Kier alpha value is -2.31. The van der Waals surface area contributed by atoms with Crippen LogP contribution in [0.2, 0.25) is 0 Å². The van der Waals surface area contributed by atoms with Crippen molar-refractivity contribution in [2.75, 3.05) is 13.1 Å². The molecule has 7 nitrogen and oxygen atoms in total. The summed E-state index contributed by atoms with van der Waals surface area (Å²) in [7, 11) is 0. The molecular formula is C18H28N4O3. The molecular weight excluding hydrogens is 320 g/mol. The maximum atomic E-state index is 12.3. The van der Waals surface area contributed by atoms with E-state index in [4.69, 9.17) is 4.74 Å². The van der Waals surface area contributed by atoms with Crippen molar-refractivity contribution in [2.24, 2.45) is 5.92 Å². The van der Waals surface area contributed by atoms with Gasteiger partial charge in [0.2, 0.25) is 11.8 Å². The molecule has 7 heteroatoms. The second-order valence-electron chi connectivity index (χ2n) is 6.88. The number of nitrogens with zero attached hydrogens (tertiary/aromatic N) is 2. The van der Waals surface area contributed by atoms with Gasteiger partial charge in [-0.1, -0.05) is 13.8 Å². The molecule has 25 heavy (non-hydrogen) atoms. The Morgan fingerprint density at radius 1 is 1.48 bits per heavy atom. The zero-order valence-corrected chi connectivity index (χ0v) is 15.4. The summed E-state index contributed by atoms with van der Waals surface area (Å²) in [6.07, 6.45) is 2.72. The molecule has 2 unspecified atom stereocenters. The molecule has 1 fully saturated rings. The molecule has 1 aromatic heterocycles. The van der Waals surface area contributed by atoms with E-state index >= 15 is 0 Å². The molecule has 2 rings (SSSR count). The fraction of sp³-hybridized carbons (Fsp3) is 0.611. The van der Waals surface area contributed by atoms with Crippen molar-refractivity contribution in [2.45, 2.75) is 52.8 Å². The molecule has 0 aromatic carbocycles. The standard InChI is InChI=1S/C18H28N4O3/c1-12(2)9-13(3)25-16-10-15(5-6-19-16)11-21-18(24)22-8-7-20-17(23)14(22)4/h5-6,10,12-14H,7-9,11H2,1-4H3,(H,20,23)(H,21,24). The molecule has 138 valence electrons. The quantitative estimate of drug-likeness (QED) is 0.823. The van der Waals surface area contributed by atoms with Crippen molar-refractivity contribution in [1.29, 1.82) is 0 Å². The average molecular weight is 348 g/mol. The number of carbonyl (C=O) groups excluding carboxylic acids is 2. The Morgan fingerprint density at radius 2 is 2.24 bits per heavy atom. The number of ether oxygens (including phenoxy) is 1. The Bertz CT molecular complexity index is 606. The molecule has 0 saturated carbocycles. The Labute approximate surface area is 149 Å². The van der Waals surface area contributed by atoms with Gasteiger partial charge in [-0.05, 0) is 37.8 Å². The van der Waals surface area contributed by atoms with Gasteiger partial charge in [0.05, 0.1) is 6.10 Å². The molecule has 2 heterocycles. The minimum absolute atomic E-state index is 0.0880. The summed E-state index contributed by atoms with van der Waals surface area (Å²) in [5.74, 6) is 0.993. The Kier molecular flexibility index (Phi) is 6.61. The SMILES string of the molecule is CC(C)CC(C)Oc1cc(CNC(=O)N2CCNC(=O)C2C)ccn1. The maximum absolute atomic E-state index is 12.3. The third kappa shape index (κ3) is 5.62. The Morgan fingerprint density at radius 3 is 2.96 bits per heavy atom. The predicted octanol–water partition coefficient (Wildman–Crippen LogP) is 1.92. The van der Waals surface area contributed by atoms with E-state index < -0.39 is 6.04 Å². The number of aromatic nitrogens is 1. The van der Waals surface area contributed by atoms with E-state index in [1.807, 2.05) is 19.1 Å². The van der Waals surface area contributed by atoms with Crippen LogP contribution in [-0.2, 0) is 11.3 Å². The van der Waals surface area contributed by atoms with E-state index in [1.54, 1.807) is 18.0 Å².